The van der Waals surface area contributed by atoms with Crippen molar-refractivity contribution in [3.8, 4) is 22.4 Å². The zero-order valence-electron chi connectivity index (χ0n) is 18.3. The van der Waals surface area contributed by atoms with Gasteiger partial charge in [0.05, 0.1) is 5.52 Å². The molecule has 1 aliphatic rings. The average Bonchev–Trinajstić information content (AvgIpc) is 3.23. The highest BCUT2D eigenvalue weighted by molar-refractivity contribution is 5.92. The zero-order valence-corrected chi connectivity index (χ0v) is 18.3. The Bertz CT molecular complexity index is 1180. The molecule has 0 bridgehead atoms. The van der Waals surface area contributed by atoms with Crippen LogP contribution in [0.5, 0.6) is 0 Å². The quantitative estimate of drug-likeness (QED) is 0.460. The molecule has 0 amide bonds. The van der Waals surface area contributed by atoms with Crippen molar-refractivity contribution in [3.63, 3.8) is 0 Å². The molecule has 1 atom stereocenters. The minimum Gasteiger partial charge on any atom is -0.317 e. The predicted octanol–water partition coefficient (Wildman–Crippen LogP) is 4.85. The summed E-state index contributed by atoms with van der Waals surface area (Å²) in [5.41, 5.74) is 6.01. The second kappa shape index (κ2) is 9.18. The van der Waals surface area contributed by atoms with Gasteiger partial charge in [-0.3, -0.25) is 4.98 Å². The summed E-state index contributed by atoms with van der Waals surface area (Å²) in [4.78, 5) is 4.16. The highest BCUT2D eigenvalue weighted by Gasteiger charge is 2.19. The van der Waals surface area contributed by atoms with E-state index in [1.807, 2.05) is 16.6 Å². The Morgan fingerprint density at radius 3 is 2.53 bits per heavy atom. The molecule has 3 aromatic heterocycles. The highest BCUT2D eigenvalue weighted by Crippen LogP contribution is 2.35. The molecular weight excluding hydrogens is 401 g/mol. The van der Waals surface area contributed by atoms with Gasteiger partial charge in [0.15, 0.2) is 0 Å². The third-order valence-corrected chi connectivity index (χ3v) is 6.41. The van der Waals surface area contributed by atoms with Crippen molar-refractivity contribution in [1.29, 1.82) is 0 Å². The van der Waals surface area contributed by atoms with Crippen molar-refractivity contribution >= 4 is 5.52 Å². The number of hydrogen-bond acceptors (Lipinski definition) is 4. The van der Waals surface area contributed by atoms with E-state index < -0.39 is 0 Å². The van der Waals surface area contributed by atoms with Crippen LogP contribution in [-0.4, -0.2) is 34.2 Å². The lowest BCUT2D eigenvalue weighted by atomic mass is 9.97. The summed E-state index contributed by atoms with van der Waals surface area (Å²) in [5, 5.41) is 12.1. The van der Waals surface area contributed by atoms with Gasteiger partial charge in [-0.25, -0.2) is 8.91 Å². The fourth-order valence-corrected chi connectivity index (χ4v) is 4.48. The first-order valence-corrected chi connectivity index (χ1v) is 11.3. The van der Waals surface area contributed by atoms with Gasteiger partial charge < -0.3 is 10.6 Å². The van der Waals surface area contributed by atoms with Gasteiger partial charge in [0, 0.05) is 35.8 Å². The molecule has 4 heterocycles. The predicted molar refractivity (Wildman–Crippen MR) is 126 cm³/mol. The van der Waals surface area contributed by atoms with Crippen LogP contribution in [0.3, 0.4) is 0 Å². The van der Waals surface area contributed by atoms with Gasteiger partial charge >= 0.3 is 0 Å². The lowest BCUT2D eigenvalue weighted by Crippen LogP contribution is -2.34. The Balaban J connectivity index is 1.49. The summed E-state index contributed by atoms with van der Waals surface area (Å²) in [6, 6.07) is 15.0. The lowest BCUT2D eigenvalue weighted by Gasteiger charge is -2.25. The number of nitrogens with one attached hydrogen (secondary N) is 2. The number of aromatic nitrogens is 3. The third kappa shape index (κ3) is 4.29. The van der Waals surface area contributed by atoms with E-state index in [1.165, 1.54) is 30.5 Å². The van der Waals surface area contributed by atoms with Crippen molar-refractivity contribution < 1.29 is 4.39 Å². The molecule has 0 spiro atoms. The molecule has 0 radical (unpaired) electrons. The van der Waals surface area contributed by atoms with Crippen molar-refractivity contribution in [3.05, 3.63) is 78.5 Å². The topological polar surface area (TPSA) is 54.2 Å². The summed E-state index contributed by atoms with van der Waals surface area (Å²) in [5.74, 6) is 0.481. The van der Waals surface area contributed by atoms with Crippen molar-refractivity contribution in [1.82, 2.24) is 25.2 Å². The van der Waals surface area contributed by atoms with Crippen LogP contribution in [0.25, 0.3) is 27.9 Å². The molecule has 4 aromatic rings. The maximum Gasteiger partial charge on any atom is 0.123 e. The lowest BCUT2D eigenvalue weighted by molar-refractivity contribution is 0.345. The molecule has 1 aliphatic heterocycles. The monoisotopic (exact) mass is 429 g/mol. The molecule has 1 fully saturated rings. The van der Waals surface area contributed by atoms with E-state index >= 15 is 0 Å². The Kier molecular flexibility index (Phi) is 5.97. The smallest absolute Gasteiger partial charge is 0.123 e. The second-order valence-corrected chi connectivity index (χ2v) is 8.58. The molecule has 5 rings (SSSR count). The Labute approximate surface area is 187 Å². The summed E-state index contributed by atoms with van der Waals surface area (Å²) in [7, 11) is 0. The van der Waals surface area contributed by atoms with Gasteiger partial charge in [-0.2, -0.15) is 5.10 Å². The van der Waals surface area contributed by atoms with Gasteiger partial charge in [0.1, 0.15) is 11.5 Å². The van der Waals surface area contributed by atoms with Crippen LogP contribution >= 0.6 is 0 Å². The number of halogens is 1. The fraction of sp³-hybridized carbons (Fsp3) is 0.308. The van der Waals surface area contributed by atoms with Crippen molar-refractivity contribution in [2.45, 2.75) is 25.8 Å². The highest BCUT2D eigenvalue weighted by atomic mass is 19.1. The van der Waals surface area contributed by atoms with Crippen LogP contribution < -0.4 is 10.6 Å². The Morgan fingerprint density at radius 2 is 1.78 bits per heavy atom. The first-order chi connectivity index (χ1) is 15.7. The van der Waals surface area contributed by atoms with Crippen LogP contribution in [0.15, 0.2) is 67.1 Å². The Hall–Kier alpha value is -3.09. The van der Waals surface area contributed by atoms with E-state index in [2.05, 4.69) is 40.9 Å². The zero-order chi connectivity index (χ0) is 21.9. The minimum absolute atomic E-state index is 0.233. The summed E-state index contributed by atoms with van der Waals surface area (Å²) >= 11 is 0. The van der Waals surface area contributed by atoms with Gasteiger partial charge in [-0.05, 0) is 98.9 Å². The molecule has 164 valence electrons. The molecule has 0 aliphatic carbocycles. The maximum atomic E-state index is 13.5. The largest absolute Gasteiger partial charge is 0.317 e. The van der Waals surface area contributed by atoms with Crippen molar-refractivity contribution in [2.75, 3.05) is 19.6 Å². The van der Waals surface area contributed by atoms with Gasteiger partial charge in [-0.1, -0.05) is 6.07 Å². The molecular formula is C26H28FN5. The number of benzene rings is 1. The number of nitrogens with zero attached hydrogens (tertiary/aromatic N) is 3. The third-order valence-electron chi connectivity index (χ3n) is 6.41. The van der Waals surface area contributed by atoms with Gasteiger partial charge in [0.25, 0.3) is 0 Å². The van der Waals surface area contributed by atoms with E-state index in [1.54, 1.807) is 24.5 Å². The van der Waals surface area contributed by atoms with Crippen LogP contribution in [0.2, 0.25) is 0 Å². The minimum atomic E-state index is -0.251. The normalized spacial score (nSPS) is 15.8. The molecule has 32 heavy (non-hydrogen) atoms. The van der Waals surface area contributed by atoms with Gasteiger partial charge in [-0.15, -0.1) is 0 Å². The number of pyridine rings is 2. The standard InChI is InChI=1S/C26H28FN5/c1-18(30-16-19-8-12-28-13-9-19)22-4-7-24-25(20-10-14-29-15-11-20)26(31-32(24)17-22)21-2-5-23(27)6-3-21/h2-7,10-11,14-15,17-19,28,30H,8-9,12-13,16H2,1H3/t18-/m1/s1. The molecule has 0 unspecified atom stereocenters. The first kappa shape index (κ1) is 20.8. The SMILES string of the molecule is C[C@@H](NCC1CCNCC1)c1ccc2c(-c3ccncc3)c(-c3ccc(F)cc3)nn2c1. The van der Waals surface area contributed by atoms with Crippen LogP contribution in [0.1, 0.15) is 31.4 Å². The summed E-state index contributed by atoms with van der Waals surface area (Å²) in [6.07, 6.45) is 8.14. The molecule has 5 nitrogen and oxygen atoms in total. The Morgan fingerprint density at radius 1 is 1.03 bits per heavy atom. The first-order valence-electron chi connectivity index (χ1n) is 11.3. The summed E-state index contributed by atoms with van der Waals surface area (Å²) < 4.78 is 15.5. The molecule has 1 aromatic carbocycles. The fourth-order valence-electron chi connectivity index (χ4n) is 4.48. The van der Waals surface area contributed by atoms with Crippen LogP contribution in [0, 0.1) is 11.7 Å². The number of hydrogen-bond donors (Lipinski definition) is 2. The van der Waals surface area contributed by atoms with Gasteiger partial charge in [0.2, 0.25) is 0 Å². The van der Waals surface area contributed by atoms with Crippen LogP contribution in [0.4, 0.5) is 4.39 Å². The van der Waals surface area contributed by atoms with E-state index in [0.29, 0.717) is 0 Å². The van der Waals surface area contributed by atoms with E-state index in [4.69, 9.17) is 5.10 Å². The molecule has 2 N–H and O–H groups in total. The van der Waals surface area contributed by atoms with E-state index in [-0.39, 0.29) is 11.9 Å². The number of piperidine rings is 1. The van der Waals surface area contributed by atoms with Crippen molar-refractivity contribution in [2.24, 2.45) is 5.92 Å². The second-order valence-electron chi connectivity index (χ2n) is 8.58. The van der Waals surface area contributed by atoms with Crippen LogP contribution in [-0.2, 0) is 0 Å². The number of rotatable bonds is 6. The molecule has 6 heteroatoms. The number of fused-ring (bicyclic) bond motifs is 1. The van der Waals surface area contributed by atoms with E-state index in [9.17, 15) is 4.39 Å². The summed E-state index contributed by atoms with van der Waals surface area (Å²) in [6.45, 7) is 5.47. The average molecular weight is 430 g/mol. The van der Waals surface area contributed by atoms with E-state index in [0.717, 1.165) is 53.5 Å². The molecule has 0 saturated carbocycles. The molecule has 1 saturated heterocycles. The maximum absolute atomic E-state index is 13.5.